The van der Waals surface area contributed by atoms with Gasteiger partial charge in [-0.15, -0.1) is 0 Å². The normalized spacial score (nSPS) is 20.2. The Kier molecular flexibility index (Phi) is 4.57. The van der Waals surface area contributed by atoms with Gasteiger partial charge in [-0.25, -0.2) is 0 Å². The summed E-state index contributed by atoms with van der Waals surface area (Å²) in [7, 11) is 1.90. The molecule has 1 amide bonds. The highest BCUT2D eigenvalue weighted by atomic mass is 19.4. The van der Waals surface area contributed by atoms with Crippen molar-refractivity contribution in [3.05, 3.63) is 0 Å². The van der Waals surface area contributed by atoms with Gasteiger partial charge in [0.2, 0.25) is 5.91 Å². The number of carbonyl (C=O) groups excluding carboxylic acids is 1. The molecule has 1 aliphatic heterocycles. The van der Waals surface area contributed by atoms with Gasteiger partial charge in [0.05, 0.1) is 12.5 Å². The van der Waals surface area contributed by atoms with E-state index in [1.807, 2.05) is 18.0 Å². The van der Waals surface area contributed by atoms with Gasteiger partial charge in [-0.3, -0.25) is 4.79 Å². The lowest BCUT2D eigenvalue weighted by Gasteiger charge is -2.36. The molecular weight excluding hydrogens is 247 g/mol. The fourth-order valence-electron chi connectivity index (χ4n) is 1.85. The average Bonchev–Trinajstić information content (AvgIpc) is 2.29. The van der Waals surface area contributed by atoms with Crippen LogP contribution in [0.2, 0.25) is 0 Å². The minimum atomic E-state index is -4.34. The Bertz CT molecular complexity index is 340. The van der Waals surface area contributed by atoms with Crippen LogP contribution in [0.4, 0.5) is 13.2 Å². The van der Waals surface area contributed by atoms with Crippen LogP contribution in [0.1, 0.15) is 25.7 Å². The van der Waals surface area contributed by atoms with Crippen molar-refractivity contribution in [2.75, 3.05) is 20.1 Å². The van der Waals surface area contributed by atoms with Crippen molar-refractivity contribution in [3.8, 4) is 6.07 Å². The first-order valence-electron chi connectivity index (χ1n) is 5.74. The predicted molar refractivity (Wildman–Crippen MR) is 58.5 cm³/mol. The van der Waals surface area contributed by atoms with Crippen LogP contribution in [0.15, 0.2) is 0 Å². The molecule has 1 N–H and O–H groups in total. The van der Waals surface area contributed by atoms with Crippen LogP contribution < -0.4 is 5.32 Å². The quantitative estimate of drug-likeness (QED) is 0.838. The summed E-state index contributed by atoms with van der Waals surface area (Å²) in [6.07, 6.45) is -5.23. The van der Waals surface area contributed by atoms with Crippen LogP contribution in [0.3, 0.4) is 0 Å². The molecule has 18 heavy (non-hydrogen) atoms. The molecule has 1 fully saturated rings. The Balaban J connectivity index is 2.49. The van der Waals surface area contributed by atoms with Gasteiger partial charge < -0.3 is 10.2 Å². The molecule has 1 aliphatic rings. The number of likely N-dealkylation sites (tertiary alicyclic amines) is 1. The number of nitriles is 1. The van der Waals surface area contributed by atoms with E-state index in [0.717, 1.165) is 0 Å². The van der Waals surface area contributed by atoms with Gasteiger partial charge in [-0.05, 0) is 19.9 Å². The third-order valence-electron chi connectivity index (χ3n) is 3.07. The molecule has 1 heterocycles. The Hall–Kier alpha value is -1.29. The van der Waals surface area contributed by atoms with E-state index in [1.165, 1.54) is 0 Å². The monoisotopic (exact) mass is 263 g/mol. The fraction of sp³-hybridized carbons (Fsp3) is 0.818. The van der Waals surface area contributed by atoms with Crippen LogP contribution in [0.5, 0.6) is 0 Å². The molecule has 0 aliphatic carbocycles. The molecule has 0 aromatic rings. The van der Waals surface area contributed by atoms with Crippen molar-refractivity contribution >= 4 is 5.91 Å². The number of piperidine rings is 1. The first kappa shape index (κ1) is 14.8. The Morgan fingerprint density at radius 3 is 2.44 bits per heavy atom. The molecule has 0 spiro atoms. The second-order valence-electron chi connectivity index (χ2n) is 4.66. The molecule has 1 saturated heterocycles. The number of hydrogen-bond acceptors (Lipinski definition) is 3. The number of alkyl halides is 3. The molecule has 0 aromatic carbocycles. The number of halogens is 3. The van der Waals surface area contributed by atoms with E-state index in [-0.39, 0.29) is 0 Å². The lowest BCUT2D eigenvalue weighted by Crippen LogP contribution is -2.53. The molecule has 7 heteroatoms. The highest BCUT2D eigenvalue weighted by Gasteiger charge is 2.36. The average molecular weight is 263 g/mol. The predicted octanol–water partition coefficient (Wildman–Crippen LogP) is 1.43. The molecule has 0 atom stereocenters. The van der Waals surface area contributed by atoms with Crippen LogP contribution in [-0.2, 0) is 4.79 Å². The second kappa shape index (κ2) is 5.57. The van der Waals surface area contributed by atoms with Crippen molar-refractivity contribution in [3.63, 3.8) is 0 Å². The van der Waals surface area contributed by atoms with Gasteiger partial charge in [0, 0.05) is 19.5 Å². The van der Waals surface area contributed by atoms with Gasteiger partial charge in [0.25, 0.3) is 0 Å². The number of carbonyl (C=O) groups is 1. The lowest BCUT2D eigenvalue weighted by atomic mass is 9.89. The standard InChI is InChI=1S/C11H16F3N3O/c1-17-6-4-10(8-15,5-7-17)16-9(18)2-3-11(12,13)14/h2-7H2,1H3,(H,16,18). The molecule has 0 saturated carbocycles. The van der Waals surface area contributed by atoms with E-state index in [9.17, 15) is 18.0 Å². The van der Waals surface area contributed by atoms with Crippen molar-refractivity contribution in [2.24, 2.45) is 0 Å². The smallest absolute Gasteiger partial charge is 0.338 e. The Morgan fingerprint density at radius 1 is 1.44 bits per heavy atom. The molecule has 0 aromatic heterocycles. The van der Waals surface area contributed by atoms with Crippen LogP contribution >= 0.6 is 0 Å². The first-order valence-corrected chi connectivity index (χ1v) is 5.74. The van der Waals surface area contributed by atoms with E-state index in [0.29, 0.717) is 25.9 Å². The molecule has 0 radical (unpaired) electrons. The van der Waals surface area contributed by atoms with E-state index < -0.39 is 30.5 Å². The molecule has 102 valence electrons. The highest BCUT2D eigenvalue weighted by Crippen LogP contribution is 2.23. The maximum Gasteiger partial charge on any atom is 0.389 e. The van der Waals surface area contributed by atoms with Gasteiger partial charge in [-0.2, -0.15) is 18.4 Å². The maximum absolute atomic E-state index is 12.0. The molecular formula is C11H16F3N3O. The van der Waals surface area contributed by atoms with Crippen LogP contribution in [0.25, 0.3) is 0 Å². The van der Waals surface area contributed by atoms with Crippen molar-refractivity contribution < 1.29 is 18.0 Å². The summed E-state index contributed by atoms with van der Waals surface area (Å²) < 4.78 is 35.9. The maximum atomic E-state index is 12.0. The first-order chi connectivity index (χ1) is 8.26. The van der Waals surface area contributed by atoms with Crippen molar-refractivity contribution in [2.45, 2.75) is 37.4 Å². The van der Waals surface area contributed by atoms with Gasteiger partial charge >= 0.3 is 6.18 Å². The summed E-state index contributed by atoms with van der Waals surface area (Å²) >= 11 is 0. The van der Waals surface area contributed by atoms with Crippen LogP contribution in [0, 0.1) is 11.3 Å². The number of nitrogens with zero attached hydrogens (tertiary/aromatic N) is 2. The number of rotatable bonds is 3. The summed E-state index contributed by atoms with van der Waals surface area (Å²) in [5, 5.41) is 11.5. The zero-order chi connectivity index (χ0) is 13.8. The third kappa shape index (κ3) is 4.53. The van der Waals surface area contributed by atoms with Gasteiger partial charge in [0.1, 0.15) is 5.54 Å². The highest BCUT2D eigenvalue weighted by molar-refractivity contribution is 5.77. The van der Waals surface area contributed by atoms with E-state index in [2.05, 4.69) is 5.32 Å². The minimum absolute atomic E-state index is 0.442. The van der Waals surface area contributed by atoms with E-state index in [4.69, 9.17) is 5.26 Å². The largest absolute Gasteiger partial charge is 0.389 e. The summed E-state index contributed by atoms with van der Waals surface area (Å²) in [5.74, 6) is -0.710. The second-order valence-corrected chi connectivity index (χ2v) is 4.66. The van der Waals surface area contributed by atoms with E-state index >= 15 is 0 Å². The molecule has 1 rings (SSSR count). The Labute approximate surface area is 104 Å². The number of nitrogens with one attached hydrogen (secondary N) is 1. The minimum Gasteiger partial charge on any atom is -0.338 e. The zero-order valence-corrected chi connectivity index (χ0v) is 10.2. The SMILES string of the molecule is CN1CCC(C#N)(NC(=O)CCC(F)(F)F)CC1. The van der Waals surface area contributed by atoms with E-state index in [1.54, 1.807) is 0 Å². The zero-order valence-electron chi connectivity index (χ0n) is 10.2. The third-order valence-corrected chi connectivity index (χ3v) is 3.07. The van der Waals surface area contributed by atoms with Gasteiger partial charge in [-0.1, -0.05) is 0 Å². The summed E-state index contributed by atoms with van der Waals surface area (Å²) in [5.41, 5.74) is -1.00. The lowest BCUT2D eigenvalue weighted by molar-refractivity contribution is -0.144. The topological polar surface area (TPSA) is 56.1 Å². The molecule has 4 nitrogen and oxygen atoms in total. The van der Waals surface area contributed by atoms with Gasteiger partial charge in [0.15, 0.2) is 0 Å². The summed E-state index contributed by atoms with van der Waals surface area (Å²) in [6.45, 7) is 1.29. The molecule has 0 bridgehead atoms. The Morgan fingerprint density at radius 2 is 2.00 bits per heavy atom. The number of amides is 1. The fourth-order valence-corrected chi connectivity index (χ4v) is 1.85. The number of hydrogen-bond donors (Lipinski definition) is 1. The summed E-state index contributed by atoms with van der Waals surface area (Å²) in [4.78, 5) is 13.4. The molecule has 0 unspecified atom stereocenters. The van der Waals surface area contributed by atoms with Crippen molar-refractivity contribution in [1.29, 1.82) is 5.26 Å². The van der Waals surface area contributed by atoms with Crippen LogP contribution in [-0.4, -0.2) is 42.7 Å². The van der Waals surface area contributed by atoms with Crippen molar-refractivity contribution in [1.82, 2.24) is 10.2 Å². The summed E-state index contributed by atoms with van der Waals surface area (Å²) in [6, 6.07) is 2.03.